The number of benzene rings is 1. The molecule has 1 unspecified atom stereocenters. The molecule has 1 aromatic carbocycles. The number of nitrogens with two attached hydrogens (primary N) is 1. The van der Waals surface area contributed by atoms with Crippen molar-refractivity contribution in [2.45, 2.75) is 41.2 Å². The first-order valence-electron chi connectivity index (χ1n) is 16.5. The number of urea groups is 1. The standard InChI is InChI=1S/C30H30Cl2N10O13S2/c31-13-11(2-3-12(43)17(13)44)19(45)34-6-7-35-21(47)22(48)38-42-9-8-41(28(42)54)30(26(52)53)10-40-23(49)16(24(40)57-30)36-20(46)15(14-18(32)56-27(33)37-14)39-55-29(25(50)51)4-1-5-29/h2-3,16,24,43-44H,1,4-10H2,(H2,33,37)(H,34,45)(H,35,47)(H,36,46)(H,38,48)(H,50,51)(H,52,53)/b39-15-/t16?,24-,30-/m1/s1. The van der Waals surface area contributed by atoms with Gasteiger partial charge in [0, 0.05) is 32.5 Å². The van der Waals surface area contributed by atoms with Crippen LogP contribution in [0.2, 0.25) is 9.36 Å². The third-order valence-electron chi connectivity index (χ3n) is 9.29. The molecule has 4 fully saturated rings. The number of β-lactam (4-membered cyclic amide) rings is 1. The van der Waals surface area contributed by atoms with Crippen LogP contribution in [0.5, 0.6) is 11.5 Å². The van der Waals surface area contributed by atoms with Crippen LogP contribution in [0.15, 0.2) is 17.3 Å². The lowest BCUT2D eigenvalue weighted by Crippen LogP contribution is -2.68. The minimum atomic E-state index is -2.10. The number of hydrogen-bond acceptors (Lipinski definition) is 16. The van der Waals surface area contributed by atoms with Crippen LogP contribution in [0, 0.1) is 0 Å². The van der Waals surface area contributed by atoms with Crippen LogP contribution in [0.1, 0.15) is 35.3 Å². The molecule has 6 rings (SSSR count). The molecule has 3 atom stereocenters. The summed E-state index contributed by atoms with van der Waals surface area (Å²) in [6.45, 7) is -1.52. The SMILES string of the molecule is Nc1nc(/C(=N/OC2(C(=O)O)CCC2)C(=O)NC2C(=O)N3C[C@@](C(=O)O)(N4CCN(NC(=O)C(=O)NCCNC(=O)c5ccc(O)c(O)c5Cl)C4=O)S[C@H]23)c(Cl)s1. The lowest BCUT2D eigenvalue weighted by Gasteiger charge is -2.41. The Labute approximate surface area is 337 Å². The number of carbonyl (C=O) groups excluding carboxylic acids is 6. The highest BCUT2D eigenvalue weighted by atomic mass is 35.5. The van der Waals surface area contributed by atoms with E-state index in [0.717, 1.165) is 33.3 Å². The second kappa shape index (κ2) is 15.6. The molecular weight excluding hydrogens is 843 g/mol. The third kappa shape index (κ3) is 7.44. The van der Waals surface area contributed by atoms with E-state index in [1.54, 1.807) is 0 Å². The number of carboxylic acids is 2. The average Bonchev–Trinajstić information content (AvgIpc) is 3.81. The lowest BCUT2D eigenvalue weighted by atomic mass is 9.80. The summed E-state index contributed by atoms with van der Waals surface area (Å²) in [5.41, 5.74) is 5.13. The number of thiazole rings is 1. The van der Waals surface area contributed by atoms with E-state index >= 15 is 0 Å². The fourth-order valence-electron chi connectivity index (χ4n) is 6.05. The number of aromatic hydroxyl groups is 2. The Morgan fingerprint density at radius 1 is 1.00 bits per heavy atom. The number of nitrogens with one attached hydrogen (secondary N) is 4. The smallest absolute Gasteiger partial charge is 0.350 e. The average molecular weight is 874 g/mol. The van der Waals surface area contributed by atoms with Crippen LogP contribution in [0.25, 0.3) is 0 Å². The highest BCUT2D eigenvalue weighted by Crippen LogP contribution is 2.49. The predicted octanol–water partition coefficient (Wildman–Crippen LogP) is -1.33. The molecule has 0 bridgehead atoms. The maximum Gasteiger partial charge on any atom is 0.350 e. The van der Waals surface area contributed by atoms with Crippen molar-refractivity contribution in [2.75, 3.05) is 38.5 Å². The quantitative estimate of drug-likeness (QED) is 0.0281. The predicted molar refractivity (Wildman–Crippen MR) is 196 cm³/mol. The largest absolute Gasteiger partial charge is 0.504 e. The van der Waals surface area contributed by atoms with Crippen molar-refractivity contribution >= 4 is 105 Å². The number of nitrogen functional groups attached to an aromatic ring is 1. The first kappa shape index (κ1) is 40.9. The Balaban J connectivity index is 1.06. The van der Waals surface area contributed by atoms with Gasteiger partial charge in [-0.3, -0.25) is 34.3 Å². The van der Waals surface area contributed by atoms with E-state index in [9.17, 15) is 58.8 Å². The van der Waals surface area contributed by atoms with Gasteiger partial charge in [0.1, 0.15) is 21.4 Å². The van der Waals surface area contributed by atoms with Crippen LogP contribution in [-0.2, 0) is 33.6 Å². The second-order valence-corrected chi connectivity index (χ2v) is 16.1. The van der Waals surface area contributed by atoms with E-state index in [-0.39, 0.29) is 59.7 Å². The molecule has 1 aliphatic carbocycles. The van der Waals surface area contributed by atoms with Gasteiger partial charge in [0.2, 0.25) is 16.4 Å². The Hall–Kier alpha value is -5.79. The Morgan fingerprint density at radius 2 is 1.70 bits per heavy atom. The molecule has 4 aliphatic rings. The number of carboxylic acid groups (broad SMARTS) is 2. The molecule has 0 spiro atoms. The number of rotatable bonds is 13. The molecule has 27 heteroatoms. The molecule has 3 saturated heterocycles. The summed E-state index contributed by atoms with van der Waals surface area (Å²) in [6.07, 6.45) is 0.747. The van der Waals surface area contributed by atoms with Gasteiger partial charge in [0.25, 0.3) is 11.8 Å². The molecule has 2 aromatic rings. The summed E-state index contributed by atoms with van der Waals surface area (Å²) >= 11 is 13.5. The molecule has 1 saturated carbocycles. The number of hydrogen-bond donors (Lipinski definition) is 9. The number of aliphatic carboxylic acids is 2. The zero-order valence-corrected chi connectivity index (χ0v) is 32.0. The monoisotopic (exact) mass is 872 g/mol. The number of amides is 7. The van der Waals surface area contributed by atoms with Crippen LogP contribution >= 0.6 is 46.3 Å². The van der Waals surface area contributed by atoms with E-state index in [0.29, 0.717) is 23.2 Å². The lowest BCUT2D eigenvalue weighted by molar-refractivity contribution is -0.178. The molecule has 7 amide bonds. The third-order valence-corrected chi connectivity index (χ3v) is 12.4. The van der Waals surface area contributed by atoms with Gasteiger partial charge in [-0.1, -0.05) is 51.5 Å². The summed E-state index contributed by atoms with van der Waals surface area (Å²) in [6, 6.07) is -0.173. The molecule has 304 valence electrons. The zero-order chi connectivity index (χ0) is 41.6. The van der Waals surface area contributed by atoms with E-state index in [1.165, 1.54) is 0 Å². The second-order valence-electron chi connectivity index (χ2n) is 12.7. The van der Waals surface area contributed by atoms with Crippen LogP contribution < -0.4 is 27.1 Å². The van der Waals surface area contributed by atoms with Crippen molar-refractivity contribution in [1.29, 1.82) is 0 Å². The summed E-state index contributed by atoms with van der Waals surface area (Å²) < 4.78 is -0.0878. The van der Waals surface area contributed by atoms with Gasteiger partial charge in [-0.2, -0.15) is 0 Å². The van der Waals surface area contributed by atoms with Crippen molar-refractivity contribution in [3.63, 3.8) is 0 Å². The molecular formula is C30H30Cl2N10O13S2. The summed E-state index contributed by atoms with van der Waals surface area (Å²) in [5.74, 6) is -9.14. The number of hydrazine groups is 1. The molecule has 1 aromatic heterocycles. The van der Waals surface area contributed by atoms with Gasteiger partial charge < -0.3 is 51.8 Å². The summed E-state index contributed by atoms with van der Waals surface area (Å²) in [7, 11) is 0. The number of nitrogens with zero attached hydrogens (tertiary/aromatic N) is 5. The van der Waals surface area contributed by atoms with Crippen molar-refractivity contribution in [3.05, 3.63) is 32.7 Å². The van der Waals surface area contributed by atoms with Gasteiger partial charge in [-0.25, -0.2) is 24.4 Å². The van der Waals surface area contributed by atoms with Crippen LogP contribution in [0.4, 0.5) is 9.93 Å². The summed E-state index contributed by atoms with van der Waals surface area (Å²) in [5, 5.41) is 49.3. The highest BCUT2D eigenvalue weighted by molar-refractivity contribution is 8.02. The topological polar surface area (TPSA) is 336 Å². The molecule has 3 aliphatic heterocycles. The number of aromatic nitrogens is 1. The Bertz CT molecular complexity index is 2140. The van der Waals surface area contributed by atoms with Gasteiger partial charge in [0.05, 0.1) is 23.7 Å². The first-order chi connectivity index (χ1) is 26.9. The Morgan fingerprint density at radius 3 is 2.32 bits per heavy atom. The number of phenolic OH excluding ortho intramolecular Hbond substituents is 2. The normalized spacial score (nSPS) is 22.2. The van der Waals surface area contributed by atoms with Crippen molar-refractivity contribution in [1.82, 2.24) is 41.2 Å². The van der Waals surface area contributed by atoms with E-state index in [1.807, 2.05) is 0 Å². The Kier molecular flexibility index (Phi) is 11.2. The first-order valence-corrected chi connectivity index (χ1v) is 19.0. The van der Waals surface area contributed by atoms with Crippen molar-refractivity contribution in [3.8, 4) is 11.5 Å². The van der Waals surface area contributed by atoms with E-state index < -0.39 is 98.2 Å². The van der Waals surface area contributed by atoms with Gasteiger partial charge in [0.15, 0.2) is 22.3 Å². The molecule has 4 heterocycles. The maximum absolute atomic E-state index is 13.6. The minimum Gasteiger partial charge on any atom is -0.504 e. The minimum absolute atomic E-state index is 0.0564. The highest BCUT2D eigenvalue weighted by Gasteiger charge is 2.66. The van der Waals surface area contributed by atoms with Crippen molar-refractivity contribution in [2.24, 2.45) is 5.16 Å². The number of fused-ring (bicyclic) bond motifs is 1. The molecule has 10 N–H and O–H groups in total. The number of oxime groups is 1. The van der Waals surface area contributed by atoms with Gasteiger partial charge in [-0.05, 0) is 18.6 Å². The molecule has 0 radical (unpaired) electrons. The zero-order valence-electron chi connectivity index (χ0n) is 28.8. The number of phenols is 2. The number of thioether (sulfide) groups is 1. The maximum atomic E-state index is 13.6. The number of carbonyl (C=O) groups is 8. The number of halogens is 2. The fourth-order valence-corrected chi connectivity index (χ4v) is 8.86. The van der Waals surface area contributed by atoms with E-state index in [4.69, 9.17) is 33.8 Å². The number of anilines is 1. The van der Waals surface area contributed by atoms with Crippen LogP contribution in [0.3, 0.4) is 0 Å². The van der Waals surface area contributed by atoms with Gasteiger partial charge in [-0.15, -0.1) is 0 Å². The van der Waals surface area contributed by atoms with Gasteiger partial charge >= 0.3 is 29.8 Å². The molecule has 57 heavy (non-hydrogen) atoms. The van der Waals surface area contributed by atoms with E-state index in [2.05, 4.69) is 31.5 Å². The summed E-state index contributed by atoms with van der Waals surface area (Å²) in [4.78, 5) is 111. The van der Waals surface area contributed by atoms with Crippen molar-refractivity contribution < 1.29 is 63.6 Å². The fraction of sp³-hybridized carbons (Fsp3) is 0.400. The molecule has 23 nitrogen and oxygen atoms in total. The van der Waals surface area contributed by atoms with Crippen LogP contribution in [-0.4, -0.2) is 148 Å².